The van der Waals surface area contributed by atoms with Gasteiger partial charge in [-0.1, -0.05) is 6.07 Å². The molecule has 1 fully saturated rings. The molecular formula is C17H27BrN2O. The summed E-state index contributed by atoms with van der Waals surface area (Å²) in [6, 6.07) is 6.60. The quantitative estimate of drug-likeness (QED) is 0.866. The molecule has 118 valence electrons. The maximum absolute atomic E-state index is 5.72. The molecule has 3 nitrogen and oxygen atoms in total. The highest BCUT2D eigenvalue weighted by molar-refractivity contribution is 9.10. The minimum Gasteiger partial charge on any atom is -0.376 e. The summed E-state index contributed by atoms with van der Waals surface area (Å²) in [5, 5.41) is 3.52. The summed E-state index contributed by atoms with van der Waals surface area (Å²) in [5.41, 5.74) is 2.66. The molecule has 1 atom stereocenters. The largest absolute Gasteiger partial charge is 0.376 e. The Bertz CT molecular complexity index is 464. The Hall–Kier alpha value is -0.580. The van der Waals surface area contributed by atoms with Crippen molar-refractivity contribution in [1.29, 1.82) is 0 Å². The van der Waals surface area contributed by atoms with Gasteiger partial charge in [-0.2, -0.15) is 0 Å². The third-order valence-corrected chi connectivity index (χ3v) is 4.38. The number of halogens is 1. The summed E-state index contributed by atoms with van der Waals surface area (Å²) in [7, 11) is 2.13. The van der Waals surface area contributed by atoms with Crippen LogP contribution in [-0.2, 0) is 11.3 Å². The second kappa shape index (κ2) is 7.12. The summed E-state index contributed by atoms with van der Waals surface area (Å²) in [6.45, 7) is 9.32. The summed E-state index contributed by atoms with van der Waals surface area (Å²) >= 11 is 3.71. The number of likely N-dealkylation sites (N-methyl/N-ethyl adjacent to an activating group) is 1. The molecule has 0 aromatic heterocycles. The van der Waals surface area contributed by atoms with Crippen LogP contribution in [0.4, 0.5) is 5.69 Å². The first kappa shape index (κ1) is 16.8. The van der Waals surface area contributed by atoms with Crippen LogP contribution in [0.5, 0.6) is 0 Å². The fourth-order valence-electron chi connectivity index (χ4n) is 2.53. The van der Waals surface area contributed by atoms with E-state index in [9.17, 15) is 0 Å². The van der Waals surface area contributed by atoms with Crippen molar-refractivity contribution in [2.45, 2.75) is 51.8 Å². The van der Waals surface area contributed by atoms with Gasteiger partial charge in [0.25, 0.3) is 0 Å². The highest BCUT2D eigenvalue weighted by atomic mass is 79.9. The van der Waals surface area contributed by atoms with E-state index in [1.54, 1.807) is 0 Å². The second-order valence-corrected chi connectivity index (χ2v) is 7.76. The Morgan fingerprint density at radius 2 is 2.14 bits per heavy atom. The van der Waals surface area contributed by atoms with Gasteiger partial charge in [0.05, 0.1) is 11.8 Å². The lowest BCUT2D eigenvalue weighted by Gasteiger charge is -2.25. The van der Waals surface area contributed by atoms with E-state index in [1.165, 1.54) is 24.1 Å². The predicted molar refractivity (Wildman–Crippen MR) is 93.0 cm³/mol. The van der Waals surface area contributed by atoms with Crippen molar-refractivity contribution in [3.63, 3.8) is 0 Å². The topological polar surface area (TPSA) is 24.5 Å². The van der Waals surface area contributed by atoms with Crippen LogP contribution >= 0.6 is 15.9 Å². The van der Waals surface area contributed by atoms with E-state index in [0.29, 0.717) is 6.10 Å². The van der Waals surface area contributed by atoms with Crippen LogP contribution in [0.15, 0.2) is 22.7 Å². The highest BCUT2D eigenvalue weighted by Gasteiger charge is 2.18. The third kappa shape index (κ3) is 5.28. The van der Waals surface area contributed by atoms with E-state index in [0.717, 1.165) is 24.2 Å². The zero-order chi connectivity index (χ0) is 15.5. The minimum absolute atomic E-state index is 0.141. The van der Waals surface area contributed by atoms with Gasteiger partial charge in [-0.15, -0.1) is 0 Å². The first-order chi connectivity index (χ1) is 9.85. The molecule has 0 amide bonds. The number of ether oxygens (including phenoxy) is 1. The normalized spacial score (nSPS) is 19.0. The van der Waals surface area contributed by atoms with Gasteiger partial charge in [-0.3, -0.25) is 0 Å². The Morgan fingerprint density at radius 3 is 2.71 bits per heavy atom. The monoisotopic (exact) mass is 354 g/mol. The summed E-state index contributed by atoms with van der Waals surface area (Å²) in [6.07, 6.45) is 2.75. The molecule has 21 heavy (non-hydrogen) atoms. The fourth-order valence-corrected chi connectivity index (χ4v) is 3.26. The van der Waals surface area contributed by atoms with Crippen molar-refractivity contribution in [3.8, 4) is 0 Å². The predicted octanol–water partition coefficient (Wildman–Crippen LogP) is 3.95. The van der Waals surface area contributed by atoms with Crippen LogP contribution < -0.4 is 10.2 Å². The van der Waals surface area contributed by atoms with Crippen LogP contribution in [0.2, 0.25) is 0 Å². The van der Waals surface area contributed by atoms with Crippen molar-refractivity contribution < 1.29 is 4.74 Å². The first-order valence-corrected chi connectivity index (χ1v) is 8.51. The molecule has 1 unspecified atom stereocenters. The molecule has 0 spiro atoms. The average Bonchev–Trinajstić information content (AvgIpc) is 2.88. The van der Waals surface area contributed by atoms with Crippen molar-refractivity contribution in [2.75, 3.05) is 25.1 Å². The summed E-state index contributed by atoms with van der Waals surface area (Å²) in [5.74, 6) is 0. The molecule has 1 aromatic rings. The van der Waals surface area contributed by atoms with Crippen LogP contribution in [0, 0.1) is 0 Å². The van der Waals surface area contributed by atoms with Crippen LogP contribution in [0.25, 0.3) is 0 Å². The van der Waals surface area contributed by atoms with Gasteiger partial charge in [-0.25, -0.2) is 0 Å². The van der Waals surface area contributed by atoms with Crippen LogP contribution in [-0.4, -0.2) is 31.8 Å². The van der Waals surface area contributed by atoms with Gasteiger partial charge in [0.2, 0.25) is 0 Å². The molecule has 0 saturated carbocycles. The molecule has 1 N–H and O–H groups in total. The number of nitrogens with one attached hydrogen (secondary N) is 1. The zero-order valence-corrected chi connectivity index (χ0v) is 15.2. The lowest BCUT2D eigenvalue weighted by molar-refractivity contribution is 0.116. The van der Waals surface area contributed by atoms with Crippen LogP contribution in [0.1, 0.15) is 39.2 Å². The van der Waals surface area contributed by atoms with Crippen molar-refractivity contribution in [3.05, 3.63) is 28.2 Å². The Morgan fingerprint density at radius 1 is 1.38 bits per heavy atom. The molecule has 1 aliphatic heterocycles. The molecule has 0 bridgehead atoms. The van der Waals surface area contributed by atoms with E-state index >= 15 is 0 Å². The maximum atomic E-state index is 5.72. The van der Waals surface area contributed by atoms with Crippen molar-refractivity contribution in [1.82, 2.24) is 5.32 Å². The molecule has 1 aliphatic rings. The number of hydrogen-bond acceptors (Lipinski definition) is 3. The van der Waals surface area contributed by atoms with Gasteiger partial charge in [0.15, 0.2) is 0 Å². The minimum atomic E-state index is 0.141. The molecule has 1 aromatic carbocycles. The lowest BCUT2D eigenvalue weighted by atomic mass is 10.1. The third-order valence-electron chi connectivity index (χ3n) is 3.75. The van der Waals surface area contributed by atoms with Crippen molar-refractivity contribution in [2.24, 2.45) is 0 Å². The first-order valence-electron chi connectivity index (χ1n) is 7.71. The molecular weight excluding hydrogens is 328 g/mol. The number of hydrogen-bond donors (Lipinski definition) is 1. The summed E-state index contributed by atoms with van der Waals surface area (Å²) < 4.78 is 6.87. The molecule has 0 aliphatic carbocycles. The van der Waals surface area contributed by atoms with Crippen LogP contribution in [0.3, 0.4) is 0 Å². The van der Waals surface area contributed by atoms with E-state index in [1.807, 2.05) is 0 Å². The van der Waals surface area contributed by atoms with Gasteiger partial charge in [0, 0.05) is 36.8 Å². The number of anilines is 1. The standard InChI is InChI=1S/C17H27BrN2O/c1-17(2,3)19-11-13-7-8-16(15(18)10-13)20(4)12-14-6-5-9-21-14/h7-8,10,14,19H,5-6,9,11-12H2,1-4H3. The van der Waals surface area contributed by atoms with Gasteiger partial charge < -0.3 is 15.0 Å². The van der Waals surface area contributed by atoms with Gasteiger partial charge >= 0.3 is 0 Å². The van der Waals surface area contributed by atoms with E-state index in [4.69, 9.17) is 4.74 Å². The van der Waals surface area contributed by atoms with E-state index in [-0.39, 0.29) is 5.54 Å². The molecule has 2 rings (SSSR count). The molecule has 0 radical (unpaired) electrons. The Balaban J connectivity index is 1.97. The maximum Gasteiger partial charge on any atom is 0.0750 e. The lowest BCUT2D eigenvalue weighted by Crippen LogP contribution is -2.35. The number of nitrogens with zero attached hydrogens (tertiary/aromatic N) is 1. The second-order valence-electron chi connectivity index (χ2n) is 6.90. The Labute approximate surface area is 137 Å². The molecule has 1 saturated heterocycles. The molecule has 1 heterocycles. The average molecular weight is 355 g/mol. The number of rotatable bonds is 5. The summed E-state index contributed by atoms with van der Waals surface area (Å²) in [4.78, 5) is 2.28. The Kier molecular flexibility index (Phi) is 5.69. The van der Waals surface area contributed by atoms with Gasteiger partial charge in [-0.05, 0) is 67.2 Å². The highest BCUT2D eigenvalue weighted by Crippen LogP contribution is 2.28. The van der Waals surface area contributed by atoms with E-state index in [2.05, 4.69) is 72.2 Å². The van der Waals surface area contributed by atoms with Crippen molar-refractivity contribution >= 4 is 21.6 Å². The SMILES string of the molecule is CN(CC1CCCO1)c1ccc(CNC(C)(C)C)cc1Br. The molecule has 4 heteroatoms. The smallest absolute Gasteiger partial charge is 0.0750 e. The fraction of sp³-hybridized carbons (Fsp3) is 0.647. The van der Waals surface area contributed by atoms with E-state index < -0.39 is 0 Å². The zero-order valence-electron chi connectivity index (χ0n) is 13.6. The number of benzene rings is 1. The van der Waals surface area contributed by atoms with Gasteiger partial charge in [0.1, 0.15) is 0 Å².